The third-order valence-electron chi connectivity index (χ3n) is 4.75. The second-order valence-electron chi connectivity index (χ2n) is 5.51. The summed E-state index contributed by atoms with van der Waals surface area (Å²) < 4.78 is 0. The molecule has 0 amide bonds. The lowest BCUT2D eigenvalue weighted by molar-refractivity contribution is -0.140. The molecular weight excluding hydrogens is 190 g/mol. The minimum absolute atomic E-state index is 0.0625. The molecule has 0 spiro atoms. The predicted molar refractivity (Wildman–Crippen MR) is 56.6 cm³/mol. The molecule has 1 heterocycles. The molecule has 2 aliphatic carbocycles. The van der Waals surface area contributed by atoms with E-state index in [-0.39, 0.29) is 5.54 Å². The van der Waals surface area contributed by atoms with Crippen LogP contribution in [0.4, 0.5) is 0 Å². The number of hydrogen-bond acceptors (Lipinski definition) is 2. The molecule has 0 aromatic carbocycles. The summed E-state index contributed by atoms with van der Waals surface area (Å²) in [6.07, 6.45) is 6.61. The number of carboxylic acid groups (broad SMARTS) is 1. The van der Waals surface area contributed by atoms with Crippen molar-refractivity contribution in [3.8, 4) is 0 Å². The van der Waals surface area contributed by atoms with Gasteiger partial charge < -0.3 is 5.11 Å². The van der Waals surface area contributed by atoms with Crippen LogP contribution >= 0.6 is 0 Å². The van der Waals surface area contributed by atoms with Crippen LogP contribution in [0.1, 0.15) is 38.5 Å². The normalized spacial score (nSPS) is 44.3. The molecule has 3 heteroatoms. The molecule has 15 heavy (non-hydrogen) atoms. The van der Waals surface area contributed by atoms with E-state index in [4.69, 9.17) is 5.11 Å². The van der Waals surface area contributed by atoms with Crippen molar-refractivity contribution >= 4 is 5.97 Å². The Morgan fingerprint density at radius 1 is 1.40 bits per heavy atom. The van der Waals surface area contributed by atoms with Gasteiger partial charge >= 0.3 is 5.97 Å². The SMILES string of the molecule is O=C(O)CC1(N2CCCC2)CCC2CC21. The number of hydrogen-bond donors (Lipinski definition) is 1. The minimum atomic E-state index is -0.602. The van der Waals surface area contributed by atoms with Crippen LogP contribution in [0.15, 0.2) is 0 Å². The number of rotatable bonds is 3. The van der Waals surface area contributed by atoms with E-state index in [0.29, 0.717) is 12.3 Å². The Bertz CT molecular complexity index is 285. The first-order chi connectivity index (χ1) is 7.22. The van der Waals surface area contributed by atoms with Gasteiger partial charge in [-0.2, -0.15) is 0 Å². The minimum Gasteiger partial charge on any atom is -0.481 e. The van der Waals surface area contributed by atoms with Gasteiger partial charge in [-0.15, -0.1) is 0 Å². The molecule has 1 saturated heterocycles. The summed E-state index contributed by atoms with van der Waals surface area (Å²) in [5.74, 6) is 0.978. The molecule has 0 aromatic heterocycles. The molecule has 3 aliphatic rings. The van der Waals surface area contributed by atoms with Gasteiger partial charge in [-0.05, 0) is 57.0 Å². The molecule has 84 valence electrons. The van der Waals surface area contributed by atoms with E-state index in [2.05, 4.69) is 4.90 Å². The first-order valence-corrected chi connectivity index (χ1v) is 6.19. The Kier molecular flexibility index (Phi) is 2.06. The number of nitrogens with zero attached hydrogens (tertiary/aromatic N) is 1. The van der Waals surface area contributed by atoms with Crippen LogP contribution < -0.4 is 0 Å². The van der Waals surface area contributed by atoms with Crippen molar-refractivity contribution in [2.24, 2.45) is 11.8 Å². The lowest BCUT2D eigenvalue weighted by atomic mass is 9.87. The molecule has 1 aliphatic heterocycles. The van der Waals surface area contributed by atoms with Gasteiger partial charge in [-0.3, -0.25) is 9.69 Å². The molecule has 2 saturated carbocycles. The number of carbonyl (C=O) groups is 1. The second-order valence-corrected chi connectivity index (χ2v) is 5.51. The van der Waals surface area contributed by atoms with Crippen LogP contribution in [0.2, 0.25) is 0 Å². The first-order valence-electron chi connectivity index (χ1n) is 6.19. The molecule has 3 nitrogen and oxygen atoms in total. The number of carboxylic acids is 1. The lowest BCUT2D eigenvalue weighted by Crippen LogP contribution is -2.49. The van der Waals surface area contributed by atoms with Gasteiger partial charge in [0.1, 0.15) is 0 Å². The van der Waals surface area contributed by atoms with Crippen molar-refractivity contribution in [3.63, 3.8) is 0 Å². The zero-order valence-corrected chi connectivity index (χ0v) is 9.11. The van der Waals surface area contributed by atoms with Crippen molar-refractivity contribution in [3.05, 3.63) is 0 Å². The molecule has 3 atom stereocenters. The lowest BCUT2D eigenvalue weighted by Gasteiger charge is -2.39. The van der Waals surface area contributed by atoms with Gasteiger partial charge in [0.25, 0.3) is 0 Å². The summed E-state index contributed by atoms with van der Waals surface area (Å²) in [4.78, 5) is 13.6. The standard InChI is InChI=1S/C12H19NO2/c14-11(15)8-12(13-5-1-2-6-13)4-3-9-7-10(9)12/h9-10H,1-8H2,(H,14,15). The van der Waals surface area contributed by atoms with Crippen molar-refractivity contribution < 1.29 is 9.90 Å². The van der Waals surface area contributed by atoms with E-state index < -0.39 is 5.97 Å². The summed E-state index contributed by atoms with van der Waals surface area (Å²) >= 11 is 0. The van der Waals surface area contributed by atoms with Crippen molar-refractivity contribution in [1.29, 1.82) is 0 Å². The van der Waals surface area contributed by atoms with E-state index in [0.717, 1.165) is 25.4 Å². The van der Waals surface area contributed by atoms with Crippen LogP contribution in [0.5, 0.6) is 0 Å². The van der Waals surface area contributed by atoms with E-state index >= 15 is 0 Å². The highest BCUT2D eigenvalue weighted by Gasteiger charge is 2.60. The average molecular weight is 209 g/mol. The third kappa shape index (κ3) is 1.40. The molecule has 3 fully saturated rings. The Hall–Kier alpha value is -0.570. The average Bonchev–Trinajstić information content (AvgIpc) is 2.63. The fraction of sp³-hybridized carbons (Fsp3) is 0.917. The molecular formula is C12H19NO2. The van der Waals surface area contributed by atoms with Gasteiger partial charge in [-0.25, -0.2) is 0 Å². The Morgan fingerprint density at radius 2 is 2.13 bits per heavy atom. The van der Waals surface area contributed by atoms with Crippen LogP contribution in [0.3, 0.4) is 0 Å². The Balaban J connectivity index is 1.83. The van der Waals surface area contributed by atoms with E-state index in [1.807, 2.05) is 0 Å². The molecule has 0 bridgehead atoms. The van der Waals surface area contributed by atoms with E-state index in [1.165, 1.54) is 25.7 Å². The van der Waals surface area contributed by atoms with Gasteiger partial charge in [0, 0.05) is 5.54 Å². The topological polar surface area (TPSA) is 40.5 Å². The van der Waals surface area contributed by atoms with Crippen LogP contribution in [-0.4, -0.2) is 34.6 Å². The molecule has 3 rings (SSSR count). The fourth-order valence-corrected chi connectivity index (χ4v) is 3.99. The molecule has 3 unspecified atom stereocenters. The largest absolute Gasteiger partial charge is 0.481 e. The number of aliphatic carboxylic acids is 1. The van der Waals surface area contributed by atoms with Crippen LogP contribution in [0, 0.1) is 11.8 Å². The highest BCUT2D eigenvalue weighted by atomic mass is 16.4. The first kappa shape index (κ1) is 9.64. The fourth-order valence-electron chi connectivity index (χ4n) is 3.99. The molecule has 1 N–H and O–H groups in total. The molecule has 0 aromatic rings. The van der Waals surface area contributed by atoms with Gasteiger partial charge in [-0.1, -0.05) is 0 Å². The molecule has 0 radical (unpaired) electrons. The maximum atomic E-state index is 11.1. The van der Waals surface area contributed by atoms with Crippen molar-refractivity contribution in [1.82, 2.24) is 4.90 Å². The maximum Gasteiger partial charge on any atom is 0.305 e. The van der Waals surface area contributed by atoms with Crippen molar-refractivity contribution in [2.75, 3.05) is 13.1 Å². The zero-order valence-electron chi connectivity index (χ0n) is 9.11. The quantitative estimate of drug-likeness (QED) is 0.769. The van der Waals surface area contributed by atoms with Crippen LogP contribution in [-0.2, 0) is 4.79 Å². The highest BCUT2D eigenvalue weighted by molar-refractivity contribution is 5.69. The Morgan fingerprint density at radius 3 is 2.60 bits per heavy atom. The van der Waals surface area contributed by atoms with Gasteiger partial charge in [0.05, 0.1) is 6.42 Å². The zero-order chi connectivity index (χ0) is 10.5. The van der Waals surface area contributed by atoms with Crippen molar-refractivity contribution in [2.45, 2.75) is 44.1 Å². The summed E-state index contributed by atoms with van der Waals surface area (Å²) in [5, 5.41) is 9.11. The Labute approximate surface area is 90.5 Å². The summed E-state index contributed by atoms with van der Waals surface area (Å²) in [5.41, 5.74) is 0.0625. The van der Waals surface area contributed by atoms with Gasteiger partial charge in [0.15, 0.2) is 0 Å². The summed E-state index contributed by atoms with van der Waals surface area (Å²) in [6, 6.07) is 0. The highest BCUT2D eigenvalue weighted by Crippen LogP contribution is 2.61. The maximum absolute atomic E-state index is 11.1. The van der Waals surface area contributed by atoms with E-state index in [9.17, 15) is 4.79 Å². The number of fused-ring (bicyclic) bond motifs is 1. The second kappa shape index (κ2) is 3.21. The van der Waals surface area contributed by atoms with E-state index in [1.54, 1.807) is 0 Å². The summed E-state index contributed by atoms with van der Waals surface area (Å²) in [6.45, 7) is 2.27. The predicted octanol–water partition coefficient (Wildman–Crippen LogP) is 1.73. The summed E-state index contributed by atoms with van der Waals surface area (Å²) in [7, 11) is 0. The van der Waals surface area contributed by atoms with Crippen LogP contribution in [0.25, 0.3) is 0 Å². The van der Waals surface area contributed by atoms with Gasteiger partial charge in [0.2, 0.25) is 0 Å². The number of likely N-dealkylation sites (tertiary alicyclic amines) is 1. The third-order valence-corrected chi connectivity index (χ3v) is 4.75. The monoisotopic (exact) mass is 209 g/mol. The smallest absolute Gasteiger partial charge is 0.305 e.